The van der Waals surface area contributed by atoms with Crippen LogP contribution >= 0.6 is 0 Å². The van der Waals surface area contributed by atoms with E-state index in [4.69, 9.17) is 9.26 Å². The second-order valence-corrected chi connectivity index (χ2v) is 7.20. The molecule has 0 aliphatic carbocycles. The summed E-state index contributed by atoms with van der Waals surface area (Å²) in [5.74, 6) is 0.427. The highest BCUT2D eigenvalue weighted by atomic mass is 32.2. The first-order valence-electron chi connectivity index (χ1n) is 6.37. The molecule has 0 bridgehead atoms. The number of anilines is 1. The van der Waals surface area contributed by atoms with Crippen LogP contribution in [0.1, 0.15) is 26.5 Å². The normalized spacial score (nSPS) is 12.2. The summed E-state index contributed by atoms with van der Waals surface area (Å²) in [5.41, 5.74) is 0.624. The van der Waals surface area contributed by atoms with Crippen molar-refractivity contribution in [3.05, 3.63) is 36.0 Å². The SMILES string of the molecule is COc1ccccc1NS(=O)(=O)c1cc(C(C)(C)C)no1. The molecule has 0 saturated carbocycles. The van der Waals surface area contributed by atoms with Crippen molar-refractivity contribution in [1.29, 1.82) is 0 Å². The third-order valence-electron chi connectivity index (χ3n) is 2.87. The van der Waals surface area contributed by atoms with E-state index in [1.54, 1.807) is 24.3 Å². The summed E-state index contributed by atoms with van der Waals surface area (Å²) in [6.45, 7) is 5.78. The molecule has 0 aliphatic heterocycles. The lowest BCUT2D eigenvalue weighted by Gasteiger charge is -2.12. The van der Waals surface area contributed by atoms with Crippen molar-refractivity contribution in [3.63, 3.8) is 0 Å². The topological polar surface area (TPSA) is 81.4 Å². The van der Waals surface area contributed by atoms with Gasteiger partial charge in [0.1, 0.15) is 5.75 Å². The Morgan fingerprint density at radius 1 is 1.24 bits per heavy atom. The van der Waals surface area contributed by atoms with Crippen molar-refractivity contribution >= 4 is 15.7 Å². The van der Waals surface area contributed by atoms with Crippen LogP contribution in [0, 0.1) is 0 Å². The van der Waals surface area contributed by atoms with Gasteiger partial charge in [-0.2, -0.15) is 8.42 Å². The van der Waals surface area contributed by atoms with Gasteiger partial charge in [0.2, 0.25) is 0 Å². The number of aromatic nitrogens is 1. The van der Waals surface area contributed by atoms with E-state index in [1.165, 1.54) is 13.2 Å². The zero-order valence-electron chi connectivity index (χ0n) is 12.4. The fraction of sp³-hybridized carbons (Fsp3) is 0.357. The van der Waals surface area contributed by atoms with Gasteiger partial charge in [-0.25, -0.2) is 0 Å². The number of rotatable bonds is 4. The molecule has 0 radical (unpaired) electrons. The highest BCUT2D eigenvalue weighted by molar-refractivity contribution is 7.92. The minimum atomic E-state index is -3.84. The van der Waals surface area contributed by atoms with Crippen LogP contribution in [0.4, 0.5) is 5.69 Å². The van der Waals surface area contributed by atoms with Crippen LogP contribution in [0.2, 0.25) is 0 Å². The average molecular weight is 310 g/mol. The Morgan fingerprint density at radius 3 is 2.48 bits per heavy atom. The molecule has 1 heterocycles. The Hall–Kier alpha value is -2.02. The van der Waals surface area contributed by atoms with Crippen LogP contribution in [-0.4, -0.2) is 20.7 Å². The molecule has 0 atom stereocenters. The number of benzene rings is 1. The predicted octanol–water partition coefficient (Wildman–Crippen LogP) is 2.78. The lowest BCUT2D eigenvalue weighted by atomic mass is 9.93. The van der Waals surface area contributed by atoms with Crippen molar-refractivity contribution in [2.75, 3.05) is 11.8 Å². The number of methoxy groups -OCH3 is 1. The van der Waals surface area contributed by atoms with Gasteiger partial charge in [0.05, 0.1) is 18.5 Å². The third-order valence-corrected chi connectivity index (χ3v) is 4.08. The summed E-state index contributed by atoms with van der Waals surface area (Å²) in [7, 11) is -2.37. The van der Waals surface area contributed by atoms with Gasteiger partial charge in [-0.15, -0.1) is 0 Å². The van der Waals surface area contributed by atoms with Gasteiger partial charge in [0.25, 0.3) is 15.1 Å². The monoisotopic (exact) mass is 310 g/mol. The fourth-order valence-corrected chi connectivity index (χ4v) is 2.62. The van der Waals surface area contributed by atoms with E-state index in [0.29, 0.717) is 17.1 Å². The lowest BCUT2D eigenvalue weighted by molar-refractivity contribution is 0.327. The zero-order chi connectivity index (χ0) is 15.7. The number of ether oxygens (including phenoxy) is 1. The van der Waals surface area contributed by atoms with Crippen molar-refractivity contribution in [2.24, 2.45) is 0 Å². The Kier molecular flexibility index (Phi) is 3.95. The first-order valence-corrected chi connectivity index (χ1v) is 7.85. The van der Waals surface area contributed by atoms with Crippen molar-refractivity contribution in [2.45, 2.75) is 31.3 Å². The number of hydrogen-bond donors (Lipinski definition) is 1. The maximum absolute atomic E-state index is 12.3. The Balaban J connectivity index is 2.33. The molecule has 0 aliphatic rings. The van der Waals surface area contributed by atoms with Crippen LogP contribution < -0.4 is 9.46 Å². The van der Waals surface area contributed by atoms with Gasteiger partial charge < -0.3 is 9.26 Å². The van der Waals surface area contributed by atoms with E-state index in [9.17, 15) is 8.42 Å². The molecule has 0 fully saturated rings. The Bertz CT molecular complexity index is 729. The second kappa shape index (κ2) is 5.40. The van der Waals surface area contributed by atoms with Gasteiger partial charge in [-0.3, -0.25) is 4.72 Å². The fourth-order valence-electron chi connectivity index (χ4n) is 1.66. The molecule has 114 valence electrons. The number of nitrogens with one attached hydrogen (secondary N) is 1. The van der Waals surface area contributed by atoms with Gasteiger partial charge >= 0.3 is 0 Å². The van der Waals surface area contributed by atoms with E-state index in [-0.39, 0.29) is 10.5 Å². The minimum Gasteiger partial charge on any atom is -0.495 e. The summed E-state index contributed by atoms with van der Waals surface area (Å²) in [6.07, 6.45) is 0. The van der Waals surface area contributed by atoms with E-state index in [1.807, 2.05) is 20.8 Å². The molecule has 0 saturated heterocycles. The summed E-state index contributed by atoms with van der Waals surface area (Å²) in [6, 6.07) is 8.16. The first-order chi connectivity index (χ1) is 9.74. The van der Waals surface area contributed by atoms with E-state index >= 15 is 0 Å². The van der Waals surface area contributed by atoms with Crippen LogP contribution in [-0.2, 0) is 15.4 Å². The average Bonchev–Trinajstić information content (AvgIpc) is 2.89. The van der Waals surface area contributed by atoms with Crippen LogP contribution in [0.25, 0.3) is 0 Å². The largest absolute Gasteiger partial charge is 0.495 e. The summed E-state index contributed by atoms with van der Waals surface area (Å²) in [4.78, 5) is 0. The second-order valence-electron chi connectivity index (χ2n) is 5.59. The standard InChI is InChI=1S/C14H18N2O4S/c1-14(2,3)12-9-13(20-15-12)21(17,18)16-10-7-5-6-8-11(10)19-4/h5-9,16H,1-4H3. The van der Waals surface area contributed by atoms with Gasteiger partial charge in [0.15, 0.2) is 0 Å². The molecule has 6 nitrogen and oxygen atoms in total. The molecule has 21 heavy (non-hydrogen) atoms. The Labute approximate surface area is 124 Å². The van der Waals surface area contributed by atoms with Crippen LogP contribution in [0.3, 0.4) is 0 Å². The van der Waals surface area contributed by atoms with Crippen molar-refractivity contribution in [1.82, 2.24) is 5.16 Å². The minimum absolute atomic E-state index is 0.224. The smallest absolute Gasteiger partial charge is 0.298 e. The molecular formula is C14H18N2O4S. The van der Waals surface area contributed by atoms with E-state index < -0.39 is 10.0 Å². The molecule has 0 amide bonds. The molecule has 2 aromatic rings. The van der Waals surface area contributed by atoms with Crippen LogP contribution in [0.15, 0.2) is 39.9 Å². The summed E-state index contributed by atoms with van der Waals surface area (Å²) >= 11 is 0. The summed E-state index contributed by atoms with van der Waals surface area (Å²) in [5, 5.41) is 3.59. The van der Waals surface area contributed by atoms with Gasteiger partial charge in [-0.05, 0) is 12.1 Å². The van der Waals surface area contributed by atoms with E-state index in [0.717, 1.165) is 0 Å². The highest BCUT2D eigenvalue weighted by Crippen LogP contribution is 2.28. The number of nitrogens with zero attached hydrogens (tertiary/aromatic N) is 1. The molecule has 0 unspecified atom stereocenters. The molecule has 1 aromatic heterocycles. The maximum Gasteiger partial charge on any atom is 0.298 e. The molecule has 2 rings (SSSR count). The Morgan fingerprint density at radius 2 is 1.90 bits per heavy atom. The van der Waals surface area contributed by atoms with E-state index in [2.05, 4.69) is 9.88 Å². The molecular weight excluding hydrogens is 292 g/mol. The summed E-state index contributed by atoms with van der Waals surface area (Å²) < 4.78 is 37.1. The van der Waals surface area contributed by atoms with Crippen molar-refractivity contribution in [3.8, 4) is 5.75 Å². The molecule has 0 spiro atoms. The molecule has 7 heteroatoms. The molecule has 1 aromatic carbocycles. The maximum atomic E-state index is 12.3. The first kappa shape index (κ1) is 15.4. The molecule has 1 N–H and O–H groups in total. The lowest BCUT2D eigenvalue weighted by Crippen LogP contribution is -2.13. The highest BCUT2D eigenvalue weighted by Gasteiger charge is 2.26. The quantitative estimate of drug-likeness (QED) is 0.939. The third kappa shape index (κ3) is 3.36. The zero-order valence-corrected chi connectivity index (χ0v) is 13.2. The van der Waals surface area contributed by atoms with Gasteiger partial charge in [-0.1, -0.05) is 38.1 Å². The van der Waals surface area contributed by atoms with Gasteiger partial charge in [0, 0.05) is 11.5 Å². The van der Waals surface area contributed by atoms with Crippen molar-refractivity contribution < 1.29 is 17.7 Å². The number of sulfonamides is 1. The predicted molar refractivity (Wildman–Crippen MR) is 79.0 cm³/mol. The van der Waals surface area contributed by atoms with Crippen LogP contribution in [0.5, 0.6) is 5.75 Å². The number of hydrogen-bond acceptors (Lipinski definition) is 5. The number of para-hydroxylation sites is 2.